The third-order valence-electron chi connectivity index (χ3n) is 7.12. The molecule has 2 aliphatic rings. The van der Waals surface area contributed by atoms with Gasteiger partial charge in [-0.2, -0.15) is 0 Å². The summed E-state index contributed by atoms with van der Waals surface area (Å²) in [6, 6.07) is 10.0. The van der Waals surface area contributed by atoms with Gasteiger partial charge >= 0.3 is 5.97 Å². The number of esters is 1. The molecule has 0 spiro atoms. The van der Waals surface area contributed by atoms with Crippen molar-refractivity contribution < 1.29 is 23.5 Å². The number of carbonyl (C=O) groups excluding carboxylic acids is 2. The summed E-state index contributed by atoms with van der Waals surface area (Å²) < 4.78 is 25.6. The molecule has 8 nitrogen and oxygen atoms in total. The van der Waals surface area contributed by atoms with Crippen molar-refractivity contribution in [1.29, 1.82) is 0 Å². The Morgan fingerprint density at radius 2 is 1.93 bits per heavy atom. The number of benzene rings is 2. The number of aryl methyl sites for hydroxylation is 1. The number of carbonyl (C=O) groups is 2. The lowest BCUT2D eigenvalue weighted by molar-refractivity contribution is -0.146. The maximum Gasteiger partial charge on any atom is 0.320 e. The van der Waals surface area contributed by atoms with Crippen LogP contribution in [0.25, 0.3) is 10.9 Å². The van der Waals surface area contributed by atoms with Crippen molar-refractivity contribution in [2.45, 2.75) is 24.8 Å². The number of morpholine rings is 1. The molecule has 1 N–H and O–H groups in total. The SMILES string of the molecule is O=C(CN1CCOCC1)OCCCc1cc(F)c2[nH]cc(C(=O)C3(Cc4ccc(Cl)cc4)C=CC=N3)c(=O)c2c1. The molecule has 0 saturated carbocycles. The monoisotopic (exact) mass is 565 g/mol. The second-order valence-electron chi connectivity index (χ2n) is 9.94. The fraction of sp³-hybridized carbons (Fsp3) is 0.333. The number of aromatic amines is 1. The first-order valence-corrected chi connectivity index (χ1v) is 13.5. The number of aliphatic imine (C=N–C) groups is 1. The highest BCUT2D eigenvalue weighted by atomic mass is 35.5. The lowest BCUT2D eigenvalue weighted by Crippen LogP contribution is -2.40. The van der Waals surface area contributed by atoms with Crippen LogP contribution in [0.15, 0.2) is 64.5 Å². The van der Waals surface area contributed by atoms with Crippen LogP contribution in [0.5, 0.6) is 0 Å². The molecule has 0 amide bonds. The third-order valence-corrected chi connectivity index (χ3v) is 7.37. The van der Waals surface area contributed by atoms with E-state index in [0.717, 1.165) is 5.56 Å². The van der Waals surface area contributed by atoms with Crippen molar-refractivity contribution in [3.8, 4) is 0 Å². The van der Waals surface area contributed by atoms with Crippen LogP contribution in [-0.2, 0) is 27.1 Å². The highest BCUT2D eigenvalue weighted by Gasteiger charge is 2.39. The van der Waals surface area contributed by atoms with Gasteiger partial charge in [-0.25, -0.2) is 4.39 Å². The predicted molar refractivity (Wildman–Crippen MR) is 151 cm³/mol. The van der Waals surface area contributed by atoms with Gasteiger partial charge in [-0.05, 0) is 60.4 Å². The van der Waals surface area contributed by atoms with Crippen molar-refractivity contribution in [3.05, 3.63) is 92.5 Å². The smallest absolute Gasteiger partial charge is 0.320 e. The Hall–Kier alpha value is -3.66. The number of ketones is 1. The number of hydrogen-bond acceptors (Lipinski definition) is 7. The summed E-state index contributed by atoms with van der Waals surface area (Å²) in [5.41, 5.74) is -0.521. The maximum absolute atomic E-state index is 15.0. The van der Waals surface area contributed by atoms with E-state index in [1.165, 1.54) is 18.5 Å². The normalized spacial score (nSPS) is 18.9. The fourth-order valence-electron chi connectivity index (χ4n) is 4.99. The summed E-state index contributed by atoms with van der Waals surface area (Å²) in [5, 5.41) is 0.655. The zero-order valence-electron chi connectivity index (χ0n) is 21.8. The van der Waals surface area contributed by atoms with E-state index in [1.807, 2.05) is 17.0 Å². The van der Waals surface area contributed by atoms with Crippen LogP contribution < -0.4 is 5.43 Å². The number of nitrogens with one attached hydrogen (secondary N) is 1. The van der Waals surface area contributed by atoms with Crippen LogP contribution in [0.3, 0.4) is 0 Å². The lowest BCUT2D eigenvalue weighted by Gasteiger charge is -2.25. The summed E-state index contributed by atoms with van der Waals surface area (Å²) in [5.74, 6) is -1.39. The summed E-state index contributed by atoms with van der Waals surface area (Å²) in [6.07, 6.45) is 7.23. The number of pyridine rings is 1. The van der Waals surface area contributed by atoms with Gasteiger partial charge in [0.25, 0.3) is 0 Å². The quantitative estimate of drug-likeness (QED) is 0.227. The molecule has 0 aliphatic carbocycles. The number of rotatable bonds is 10. The minimum Gasteiger partial charge on any atom is -0.465 e. The van der Waals surface area contributed by atoms with Gasteiger partial charge in [0.2, 0.25) is 0 Å². The summed E-state index contributed by atoms with van der Waals surface area (Å²) in [6.45, 7) is 2.96. The second kappa shape index (κ2) is 12.2. The molecule has 1 fully saturated rings. The Morgan fingerprint density at radius 3 is 2.65 bits per heavy atom. The molecule has 0 radical (unpaired) electrons. The second-order valence-corrected chi connectivity index (χ2v) is 10.4. The van der Waals surface area contributed by atoms with Crippen molar-refractivity contribution in [3.63, 3.8) is 0 Å². The third kappa shape index (κ3) is 6.22. The first-order valence-electron chi connectivity index (χ1n) is 13.2. The molecule has 1 unspecified atom stereocenters. The van der Waals surface area contributed by atoms with E-state index >= 15 is 0 Å². The van der Waals surface area contributed by atoms with Gasteiger partial charge in [-0.1, -0.05) is 23.7 Å². The molecule has 1 aromatic heterocycles. The Kier molecular flexibility index (Phi) is 8.54. The molecule has 0 bridgehead atoms. The molecule has 2 aliphatic heterocycles. The van der Waals surface area contributed by atoms with Crippen LogP contribution in [0.2, 0.25) is 5.02 Å². The molecule has 1 atom stereocenters. The van der Waals surface area contributed by atoms with Crippen LogP contribution in [0.1, 0.15) is 27.9 Å². The van der Waals surface area contributed by atoms with Gasteiger partial charge in [0.15, 0.2) is 11.2 Å². The van der Waals surface area contributed by atoms with Gasteiger partial charge < -0.3 is 14.5 Å². The highest BCUT2D eigenvalue weighted by molar-refractivity contribution is 6.30. The van der Waals surface area contributed by atoms with Crippen LogP contribution in [0, 0.1) is 5.82 Å². The van der Waals surface area contributed by atoms with E-state index in [4.69, 9.17) is 21.1 Å². The van der Waals surface area contributed by atoms with Crippen molar-refractivity contribution >= 4 is 40.5 Å². The largest absolute Gasteiger partial charge is 0.465 e. The van der Waals surface area contributed by atoms with E-state index < -0.39 is 22.6 Å². The number of allylic oxidation sites excluding steroid dienone is 1. The highest BCUT2D eigenvalue weighted by Crippen LogP contribution is 2.28. The Morgan fingerprint density at radius 1 is 1.15 bits per heavy atom. The van der Waals surface area contributed by atoms with E-state index in [-0.39, 0.29) is 42.0 Å². The fourth-order valence-corrected chi connectivity index (χ4v) is 5.12. The topological polar surface area (TPSA) is 101 Å². The van der Waals surface area contributed by atoms with Crippen molar-refractivity contribution in [2.75, 3.05) is 39.5 Å². The van der Waals surface area contributed by atoms with Gasteiger partial charge in [0.05, 0.1) is 37.4 Å². The zero-order valence-corrected chi connectivity index (χ0v) is 22.6. The molecular formula is C30H29ClFN3O5. The summed E-state index contributed by atoms with van der Waals surface area (Å²) in [4.78, 5) is 48.5. The number of fused-ring (bicyclic) bond motifs is 1. The van der Waals surface area contributed by atoms with E-state index in [0.29, 0.717) is 49.7 Å². The van der Waals surface area contributed by atoms with Crippen LogP contribution in [0.4, 0.5) is 4.39 Å². The number of Topliss-reactive ketones (excluding diaryl/α,β-unsaturated/α-hetero) is 1. The number of ether oxygens (including phenoxy) is 2. The van der Waals surface area contributed by atoms with Crippen molar-refractivity contribution in [1.82, 2.24) is 9.88 Å². The zero-order chi connectivity index (χ0) is 28.1. The number of aromatic nitrogens is 1. The maximum atomic E-state index is 15.0. The summed E-state index contributed by atoms with van der Waals surface area (Å²) in [7, 11) is 0. The summed E-state index contributed by atoms with van der Waals surface area (Å²) >= 11 is 6.00. The molecule has 1 saturated heterocycles. The van der Waals surface area contributed by atoms with Gasteiger partial charge in [-0.3, -0.25) is 24.3 Å². The number of halogens is 2. The lowest BCUT2D eigenvalue weighted by atomic mass is 9.84. The van der Waals surface area contributed by atoms with E-state index in [9.17, 15) is 18.8 Å². The molecule has 2 aromatic carbocycles. The Balaban J connectivity index is 1.30. The van der Waals surface area contributed by atoms with E-state index in [2.05, 4.69) is 9.98 Å². The molecular weight excluding hydrogens is 537 g/mol. The molecule has 40 heavy (non-hydrogen) atoms. The molecule has 5 rings (SSSR count). The van der Waals surface area contributed by atoms with Gasteiger partial charge in [-0.15, -0.1) is 0 Å². The average molecular weight is 566 g/mol. The Labute approximate surface area is 235 Å². The van der Waals surface area contributed by atoms with Gasteiger partial charge in [0, 0.05) is 42.3 Å². The van der Waals surface area contributed by atoms with E-state index in [1.54, 1.807) is 30.4 Å². The predicted octanol–water partition coefficient (Wildman–Crippen LogP) is 3.93. The molecule has 3 heterocycles. The van der Waals surface area contributed by atoms with Crippen molar-refractivity contribution in [2.24, 2.45) is 4.99 Å². The molecule has 208 valence electrons. The van der Waals surface area contributed by atoms with Gasteiger partial charge in [0.1, 0.15) is 11.4 Å². The first kappa shape index (κ1) is 27.9. The Bertz CT molecular complexity index is 1510. The van der Waals surface area contributed by atoms with Crippen LogP contribution in [-0.4, -0.2) is 72.8 Å². The minimum atomic E-state index is -1.28. The average Bonchev–Trinajstić information content (AvgIpc) is 3.43. The molecule has 3 aromatic rings. The minimum absolute atomic E-state index is 0.0273. The number of H-pyrrole nitrogens is 1. The van der Waals surface area contributed by atoms with Crippen LogP contribution >= 0.6 is 11.6 Å². The number of nitrogens with zero attached hydrogens (tertiary/aromatic N) is 2. The standard InChI is InChI=1S/C30H29ClFN3O5/c31-22-6-4-20(5-7-22)17-30(8-2-9-34-30)29(38)24-18-33-27-23(28(24)37)15-21(16-25(27)32)3-1-12-40-26(36)19-35-10-13-39-14-11-35/h2,4-9,15-16,18H,1,3,10-14,17,19H2,(H,33,37). The number of hydrogen-bond donors (Lipinski definition) is 1. The molecule has 10 heteroatoms. The first-order chi connectivity index (χ1) is 19.3.